The van der Waals surface area contributed by atoms with E-state index >= 15 is 0 Å². The summed E-state index contributed by atoms with van der Waals surface area (Å²) in [6.45, 7) is -0.127. The van der Waals surface area contributed by atoms with E-state index < -0.39 is 28.5 Å². The Hall–Kier alpha value is -3.04. The Kier molecular flexibility index (Phi) is 6.73. The maximum atomic E-state index is 12.2. The molecule has 29 heavy (non-hydrogen) atoms. The van der Waals surface area contributed by atoms with Crippen LogP contribution >= 0.6 is 0 Å². The SMILES string of the molecule is O=C(CCNS(=O)(=O)c1ccccc1)OCC(=O)N1CCC(c2ccccc2)=N1. The van der Waals surface area contributed by atoms with E-state index in [4.69, 9.17) is 4.74 Å². The maximum absolute atomic E-state index is 12.2. The van der Waals surface area contributed by atoms with Crippen molar-refractivity contribution in [3.8, 4) is 0 Å². The lowest BCUT2D eigenvalue weighted by Crippen LogP contribution is -2.30. The summed E-state index contributed by atoms with van der Waals surface area (Å²) >= 11 is 0. The lowest BCUT2D eigenvalue weighted by Gasteiger charge is -2.11. The summed E-state index contributed by atoms with van der Waals surface area (Å²) in [5.41, 5.74) is 1.76. The molecule has 0 saturated heterocycles. The van der Waals surface area contributed by atoms with Gasteiger partial charge in [-0.2, -0.15) is 5.10 Å². The minimum Gasteiger partial charge on any atom is -0.455 e. The Morgan fingerprint density at radius 3 is 2.38 bits per heavy atom. The fourth-order valence-corrected chi connectivity index (χ4v) is 3.78. The van der Waals surface area contributed by atoms with Crippen LogP contribution in [0.1, 0.15) is 18.4 Å². The molecule has 1 amide bonds. The van der Waals surface area contributed by atoms with Crippen molar-refractivity contribution >= 4 is 27.6 Å². The molecule has 9 heteroatoms. The van der Waals surface area contributed by atoms with E-state index in [2.05, 4.69) is 9.82 Å². The fourth-order valence-electron chi connectivity index (χ4n) is 2.73. The number of hydrazone groups is 1. The molecule has 0 saturated carbocycles. The molecule has 3 rings (SSSR count). The largest absolute Gasteiger partial charge is 0.455 e. The molecule has 0 aliphatic carbocycles. The molecule has 0 bridgehead atoms. The third-order valence-electron chi connectivity index (χ3n) is 4.23. The molecule has 2 aromatic rings. The van der Waals surface area contributed by atoms with E-state index in [1.807, 2.05) is 30.3 Å². The van der Waals surface area contributed by atoms with Crippen molar-refractivity contribution < 1.29 is 22.7 Å². The van der Waals surface area contributed by atoms with Crippen molar-refractivity contribution in [2.24, 2.45) is 5.10 Å². The molecule has 152 valence electrons. The molecular weight excluding hydrogens is 394 g/mol. The van der Waals surface area contributed by atoms with Gasteiger partial charge < -0.3 is 4.74 Å². The van der Waals surface area contributed by atoms with Gasteiger partial charge in [0.25, 0.3) is 5.91 Å². The van der Waals surface area contributed by atoms with Crippen molar-refractivity contribution in [3.63, 3.8) is 0 Å². The molecule has 1 aliphatic rings. The number of ether oxygens (including phenoxy) is 1. The third-order valence-corrected chi connectivity index (χ3v) is 5.71. The van der Waals surface area contributed by atoms with Crippen LogP contribution in [0.2, 0.25) is 0 Å². The first kappa shape index (κ1) is 20.7. The second-order valence-electron chi connectivity index (χ2n) is 6.30. The molecule has 1 N–H and O–H groups in total. The van der Waals surface area contributed by atoms with Crippen LogP contribution < -0.4 is 4.72 Å². The normalized spacial score (nSPS) is 13.8. The van der Waals surface area contributed by atoms with Gasteiger partial charge in [0.15, 0.2) is 6.61 Å². The molecular formula is C20H21N3O5S. The summed E-state index contributed by atoms with van der Waals surface area (Å²) in [4.78, 5) is 24.1. The van der Waals surface area contributed by atoms with Gasteiger partial charge in [0.2, 0.25) is 10.0 Å². The van der Waals surface area contributed by atoms with Gasteiger partial charge in [-0.05, 0) is 17.7 Å². The van der Waals surface area contributed by atoms with Crippen LogP contribution in [0, 0.1) is 0 Å². The van der Waals surface area contributed by atoms with Crippen LogP contribution in [0.4, 0.5) is 0 Å². The van der Waals surface area contributed by atoms with Crippen molar-refractivity contribution in [2.45, 2.75) is 17.7 Å². The van der Waals surface area contributed by atoms with Crippen LogP contribution in [-0.4, -0.2) is 50.7 Å². The molecule has 0 spiro atoms. The number of carbonyl (C=O) groups is 2. The zero-order valence-electron chi connectivity index (χ0n) is 15.7. The van der Waals surface area contributed by atoms with Gasteiger partial charge in [0.05, 0.1) is 23.6 Å². The van der Waals surface area contributed by atoms with Gasteiger partial charge in [-0.25, -0.2) is 18.1 Å². The molecule has 1 aliphatic heterocycles. The van der Waals surface area contributed by atoms with Gasteiger partial charge in [-0.1, -0.05) is 48.5 Å². The highest BCUT2D eigenvalue weighted by molar-refractivity contribution is 7.89. The molecule has 1 heterocycles. The van der Waals surface area contributed by atoms with E-state index in [-0.39, 0.29) is 17.9 Å². The zero-order chi connectivity index (χ0) is 20.7. The first-order chi connectivity index (χ1) is 14.0. The highest BCUT2D eigenvalue weighted by Gasteiger charge is 2.22. The molecule has 8 nitrogen and oxygen atoms in total. The summed E-state index contributed by atoms with van der Waals surface area (Å²) in [5, 5.41) is 5.57. The number of nitrogens with one attached hydrogen (secondary N) is 1. The van der Waals surface area contributed by atoms with Gasteiger partial charge in [-0.3, -0.25) is 9.59 Å². The minimum absolute atomic E-state index is 0.115. The molecule has 0 unspecified atom stereocenters. The molecule has 0 fully saturated rings. The quantitative estimate of drug-likeness (QED) is 0.659. The average molecular weight is 415 g/mol. The van der Waals surface area contributed by atoms with Crippen molar-refractivity contribution in [1.82, 2.24) is 9.73 Å². The van der Waals surface area contributed by atoms with E-state index in [9.17, 15) is 18.0 Å². The minimum atomic E-state index is -3.68. The van der Waals surface area contributed by atoms with Gasteiger partial charge in [0, 0.05) is 13.0 Å². The van der Waals surface area contributed by atoms with Crippen molar-refractivity contribution in [3.05, 3.63) is 66.2 Å². The topological polar surface area (TPSA) is 105 Å². The Morgan fingerprint density at radius 2 is 1.69 bits per heavy atom. The van der Waals surface area contributed by atoms with Crippen LogP contribution in [0.25, 0.3) is 0 Å². The number of carbonyl (C=O) groups excluding carboxylic acids is 2. The van der Waals surface area contributed by atoms with Crippen LogP contribution in [0.5, 0.6) is 0 Å². The van der Waals surface area contributed by atoms with E-state index in [0.29, 0.717) is 13.0 Å². The molecule has 0 radical (unpaired) electrons. The van der Waals surface area contributed by atoms with Crippen LogP contribution in [0.15, 0.2) is 70.7 Å². The number of sulfonamides is 1. The number of benzene rings is 2. The van der Waals surface area contributed by atoms with E-state index in [1.54, 1.807) is 18.2 Å². The zero-order valence-corrected chi connectivity index (χ0v) is 16.5. The number of nitrogens with zero attached hydrogens (tertiary/aromatic N) is 2. The first-order valence-corrected chi connectivity index (χ1v) is 10.6. The molecule has 2 aromatic carbocycles. The maximum Gasteiger partial charge on any atom is 0.307 e. The number of hydrogen-bond acceptors (Lipinski definition) is 6. The first-order valence-electron chi connectivity index (χ1n) is 9.09. The summed E-state index contributed by atoms with van der Waals surface area (Å²) in [6.07, 6.45) is 0.447. The summed E-state index contributed by atoms with van der Waals surface area (Å²) in [5.74, 6) is -1.09. The number of amides is 1. The second kappa shape index (κ2) is 9.44. The Labute approximate surface area is 169 Å². The predicted molar refractivity (Wildman–Crippen MR) is 107 cm³/mol. The summed E-state index contributed by atoms with van der Waals surface area (Å²) < 4.78 is 31.4. The Bertz CT molecular complexity index is 991. The van der Waals surface area contributed by atoms with E-state index in [0.717, 1.165) is 11.3 Å². The van der Waals surface area contributed by atoms with Gasteiger partial charge in [0.1, 0.15) is 0 Å². The van der Waals surface area contributed by atoms with Crippen molar-refractivity contribution in [1.29, 1.82) is 0 Å². The number of rotatable bonds is 8. The third kappa shape index (κ3) is 5.72. The highest BCUT2D eigenvalue weighted by atomic mass is 32.2. The van der Waals surface area contributed by atoms with Gasteiger partial charge >= 0.3 is 5.97 Å². The highest BCUT2D eigenvalue weighted by Crippen LogP contribution is 2.13. The van der Waals surface area contributed by atoms with Gasteiger partial charge in [-0.15, -0.1) is 0 Å². The monoisotopic (exact) mass is 415 g/mol. The van der Waals surface area contributed by atoms with Crippen molar-refractivity contribution in [2.75, 3.05) is 19.7 Å². The van der Waals surface area contributed by atoms with Crippen LogP contribution in [0.3, 0.4) is 0 Å². The molecule has 0 aromatic heterocycles. The Morgan fingerprint density at radius 1 is 1.03 bits per heavy atom. The Balaban J connectivity index is 1.42. The lowest BCUT2D eigenvalue weighted by atomic mass is 10.1. The smallest absolute Gasteiger partial charge is 0.307 e. The summed E-state index contributed by atoms with van der Waals surface area (Å²) in [7, 11) is -3.68. The van der Waals surface area contributed by atoms with E-state index in [1.165, 1.54) is 17.1 Å². The summed E-state index contributed by atoms with van der Waals surface area (Å²) in [6, 6.07) is 17.4. The lowest BCUT2D eigenvalue weighted by molar-refractivity contribution is -0.151. The number of esters is 1. The van der Waals surface area contributed by atoms with Crippen LogP contribution in [-0.2, 0) is 24.3 Å². The standard InChI is InChI=1S/C20H21N3O5S/c24-19(23-14-12-18(22-23)16-7-3-1-4-8-16)15-28-20(25)11-13-21-29(26,27)17-9-5-2-6-10-17/h1-10,21H,11-15H2. The average Bonchev–Trinajstić information content (AvgIpc) is 3.24. The molecule has 0 atom stereocenters. The fraction of sp³-hybridized carbons (Fsp3) is 0.250. The second-order valence-corrected chi connectivity index (χ2v) is 8.07. The number of hydrogen-bond donors (Lipinski definition) is 1. The predicted octanol–water partition coefficient (Wildman–Crippen LogP) is 1.53.